The van der Waals surface area contributed by atoms with Crippen LogP contribution in [0.3, 0.4) is 0 Å². The lowest BCUT2D eigenvalue weighted by atomic mass is 9.92. The number of carbonyl (C=O) groups excluding carboxylic acids is 1. The second kappa shape index (κ2) is 7.78. The van der Waals surface area contributed by atoms with Gasteiger partial charge in [-0.2, -0.15) is 0 Å². The van der Waals surface area contributed by atoms with Gasteiger partial charge in [0.25, 0.3) is 0 Å². The Bertz CT molecular complexity index is 1180. The van der Waals surface area contributed by atoms with Crippen LogP contribution < -0.4 is 5.73 Å². The number of nitrogens with zero attached hydrogens (tertiary/aromatic N) is 3. The molecule has 0 saturated carbocycles. The van der Waals surface area contributed by atoms with Gasteiger partial charge in [-0.3, -0.25) is 9.78 Å². The minimum Gasteiger partial charge on any atom is -0.397 e. The summed E-state index contributed by atoms with van der Waals surface area (Å²) in [6.07, 6.45) is 3.04. The number of nitrogens with one attached hydrogen (secondary N) is 1. The third kappa shape index (κ3) is 3.61. The smallest absolute Gasteiger partial charge is 0.223 e. The third-order valence-corrected chi connectivity index (χ3v) is 5.96. The number of nitrogen functional groups attached to an aromatic ring is 1. The average molecular weight is 399 g/mol. The first-order valence-corrected chi connectivity index (χ1v) is 10.5. The molecule has 0 aliphatic carbocycles. The van der Waals surface area contributed by atoms with Gasteiger partial charge in [0.2, 0.25) is 5.91 Å². The van der Waals surface area contributed by atoms with Crippen molar-refractivity contribution < 1.29 is 4.79 Å². The zero-order valence-electron chi connectivity index (χ0n) is 16.8. The summed E-state index contributed by atoms with van der Waals surface area (Å²) in [5.41, 5.74) is 10.9. The van der Waals surface area contributed by atoms with E-state index in [4.69, 9.17) is 10.7 Å². The van der Waals surface area contributed by atoms with Gasteiger partial charge in [0.15, 0.2) is 0 Å². The van der Waals surface area contributed by atoms with Crippen LogP contribution in [-0.4, -0.2) is 38.8 Å². The molecule has 4 aromatic rings. The quantitative estimate of drug-likeness (QED) is 0.542. The number of amides is 1. The third-order valence-electron chi connectivity index (χ3n) is 5.96. The molecule has 2 aromatic carbocycles. The summed E-state index contributed by atoms with van der Waals surface area (Å²) < 4.78 is 0. The zero-order chi connectivity index (χ0) is 20.5. The number of piperidine rings is 1. The van der Waals surface area contributed by atoms with Gasteiger partial charge in [0.05, 0.1) is 27.9 Å². The molecule has 3 heterocycles. The molecule has 6 nitrogen and oxygen atoms in total. The van der Waals surface area contributed by atoms with Crippen molar-refractivity contribution in [3.63, 3.8) is 0 Å². The Hall–Kier alpha value is -3.41. The molecule has 5 rings (SSSR count). The highest BCUT2D eigenvalue weighted by molar-refractivity contribution is 5.82. The fraction of sp³-hybridized carbons (Fsp3) is 0.292. The van der Waals surface area contributed by atoms with Gasteiger partial charge in [0.1, 0.15) is 5.82 Å². The largest absolute Gasteiger partial charge is 0.397 e. The minimum atomic E-state index is 0.166. The van der Waals surface area contributed by atoms with E-state index in [1.807, 2.05) is 59.5 Å². The van der Waals surface area contributed by atoms with Crippen LogP contribution in [0.2, 0.25) is 0 Å². The number of carbonyl (C=O) groups is 1. The number of anilines is 1. The van der Waals surface area contributed by atoms with Crippen LogP contribution in [0.5, 0.6) is 0 Å². The number of benzene rings is 2. The van der Waals surface area contributed by atoms with Crippen LogP contribution in [0, 0.1) is 0 Å². The van der Waals surface area contributed by atoms with Crippen molar-refractivity contribution in [2.45, 2.75) is 31.6 Å². The lowest BCUT2D eigenvalue weighted by Crippen LogP contribution is -2.39. The number of imidazole rings is 1. The SMILES string of the molecule is Nc1cc2ccccc2nc1[C@@H]1CCCN(C(=O)CCc2nc3ccccc3[nH]2)C1. The van der Waals surface area contributed by atoms with Crippen LogP contribution in [0.1, 0.15) is 36.7 Å². The van der Waals surface area contributed by atoms with Crippen LogP contribution in [0.15, 0.2) is 54.6 Å². The minimum absolute atomic E-state index is 0.166. The number of aromatic nitrogens is 3. The van der Waals surface area contributed by atoms with E-state index in [0.29, 0.717) is 19.4 Å². The average Bonchev–Trinajstić information content (AvgIpc) is 3.20. The number of H-pyrrole nitrogens is 1. The standard InChI is InChI=1S/C24H25N5O/c25-18-14-16-6-1-2-8-19(16)28-24(18)17-7-5-13-29(15-17)23(30)12-11-22-26-20-9-3-4-10-21(20)27-22/h1-4,6,8-10,14,17H,5,7,11-13,15,25H2,(H,26,27)/t17-/m1/s1. The number of hydrogen-bond donors (Lipinski definition) is 2. The van der Waals surface area contributed by atoms with Crippen molar-refractivity contribution in [1.29, 1.82) is 0 Å². The highest BCUT2D eigenvalue weighted by Gasteiger charge is 2.27. The molecular formula is C24H25N5O. The predicted molar refractivity (Wildman–Crippen MR) is 119 cm³/mol. The van der Waals surface area contributed by atoms with E-state index in [9.17, 15) is 4.79 Å². The Kier molecular flexibility index (Phi) is 4.83. The van der Waals surface area contributed by atoms with Crippen LogP contribution >= 0.6 is 0 Å². The summed E-state index contributed by atoms with van der Waals surface area (Å²) in [7, 11) is 0. The van der Waals surface area contributed by atoms with Crippen molar-refractivity contribution in [2.24, 2.45) is 0 Å². The van der Waals surface area contributed by atoms with E-state index < -0.39 is 0 Å². The van der Waals surface area contributed by atoms with E-state index in [1.165, 1.54) is 0 Å². The first kappa shape index (κ1) is 18.6. The summed E-state index contributed by atoms with van der Waals surface area (Å²) >= 11 is 0. The van der Waals surface area contributed by atoms with Crippen molar-refractivity contribution >= 4 is 33.5 Å². The molecule has 30 heavy (non-hydrogen) atoms. The highest BCUT2D eigenvalue weighted by atomic mass is 16.2. The molecular weight excluding hydrogens is 374 g/mol. The van der Waals surface area contributed by atoms with Gasteiger partial charge in [-0.25, -0.2) is 4.98 Å². The Morgan fingerprint density at radius 1 is 1.10 bits per heavy atom. The molecule has 2 aromatic heterocycles. The fourth-order valence-electron chi connectivity index (χ4n) is 4.41. The topological polar surface area (TPSA) is 87.9 Å². The normalized spacial score (nSPS) is 16.9. The fourth-order valence-corrected chi connectivity index (χ4v) is 4.41. The molecule has 0 unspecified atom stereocenters. The molecule has 6 heteroatoms. The molecule has 3 N–H and O–H groups in total. The second-order valence-electron chi connectivity index (χ2n) is 8.04. The first-order valence-electron chi connectivity index (χ1n) is 10.5. The number of hydrogen-bond acceptors (Lipinski definition) is 4. The van der Waals surface area contributed by atoms with Crippen LogP contribution in [0.4, 0.5) is 5.69 Å². The number of likely N-dealkylation sites (tertiary alicyclic amines) is 1. The van der Waals surface area contributed by atoms with Crippen molar-refractivity contribution in [2.75, 3.05) is 18.8 Å². The van der Waals surface area contributed by atoms with Gasteiger partial charge in [-0.1, -0.05) is 30.3 Å². The Labute approximate surface area is 175 Å². The molecule has 0 spiro atoms. The van der Waals surface area contributed by atoms with E-state index in [1.54, 1.807) is 0 Å². The summed E-state index contributed by atoms with van der Waals surface area (Å²) in [6, 6.07) is 18.0. The highest BCUT2D eigenvalue weighted by Crippen LogP contribution is 2.31. The number of pyridine rings is 1. The molecule has 0 radical (unpaired) electrons. The number of aromatic amines is 1. The van der Waals surface area contributed by atoms with Gasteiger partial charge in [-0.05, 0) is 37.1 Å². The maximum absolute atomic E-state index is 12.9. The van der Waals surface area contributed by atoms with Crippen LogP contribution in [-0.2, 0) is 11.2 Å². The summed E-state index contributed by atoms with van der Waals surface area (Å²) in [6.45, 7) is 1.47. The molecule has 0 bridgehead atoms. The Morgan fingerprint density at radius 2 is 1.90 bits per heavy atom. The molecule has 1 saturated heterocycles. The molecule has 1 atom stereocenters. The lowest BCUT2D eigenvalue weighted by molar-refractivity contribution is -0.132. The van der Waals surface area contributed by atoms with Gasteiger partial charge >= 0.3 is 0 Å². The van der Waals surface area contributed by atoms with Gasteiger partial charge < -0.3 is 15.6 Å². The number of nitrogens with two attached hydrogens (primary N) is 1. The van der Waals surface area contributed by atoms with E-state index in [-0.39, 0.29) is 11.8 Å². The van der Waals surface area contributed by atoms with E-state index in [0.717, 1.165) is 58.5 Å². The summed E-state index contributed by atoms with van der Waals surface area (Å²) in [5.74, 6) is 1.21. The maximum atomic E-state index is 12.9. The number of para-hydroxylation sites is 3. The monoisotopic (exact) mass is 399 g/mol. The lowest BCUT2D eigenvalue weighted by Gasteiger charge is -2.33. The Morgan fingerprint density at radius 3 is 2.77 bits per heavy atom. The van der Waals surface area contributed by atoms with Crippen molar-refractivity contribution in [3.8, 4) is 0 Å². The first-order chi connectivity index (χ1) is 14.7. The van der Waals surface area contributed by atoms with Crippen LogP contribution in [0.25, 0.3) is 21.9 Å². The predicted octanol–water partition coefficient (Wildman–Crippen LogP) is 4.03. The Balaban J connectivity index is 1.28. The van der Waals surface area contributed by atoms with Gasteiger partial charge in [0, 0.05) is 37.2 Å². The molecule has 1 aliphatic heterocycles. The van der Waals surface area contributed by atoms with E-state index >= 15 is 0 Å². The molecule has 152 valence electrons. The van der Waals surface area contributed by atoms with Gasteiger partial charge in [-0.15, -0.1) is 0 Å². The summed E-state index contributed by atoms with van der Waals surface area (Å²) in [4.78, 5) is 27.6. The van der Waals surface area contributed by atoms with Crippen molar-refractivity contribution in [3.05, 3.63) is 66.1 Å². The number of aryl methyl sites for hydroxylation is 1. The number of rotatable bonds is 4. The summed E-state index contributed by atoms with van der Waals surface area (Å²) in [5, 5.41) is 1.05. The molecule has 1 amide bonds. The zero-order valence-corrected chi connectivity index (χ0v) is 16.8. The maximum Gasteiger partial charge on any atom is 0.223 e. The second-order valence-corrected chi connectivity index (χ2v) is 8.04. The number of fused-ring (bicyclic) bond motifs is 2. The van der Waals surface area contributed by atoms with E-state index in [2.05, 4.69) is 9.97 Å². The molecule has 1 aliphatic rings. The molecule has 1 fully saturated rings. The van der Waals surface area contributed by atoms with Crippen molar-refractivity contribution in [1.82, 2.24) is 19.9 Å².